The van der Waals surface area contributed by atoms with E-state index in [1.54, 1.807) is 6.20 Å². The van der Waals surface area contributed by atoms with Gasteiger partial charge in [-0.05, 0) is 18.8 Å². The molecule has 7 heteroatoms. The molecule has 0 radical (unpaired) electrons. The first-order valence-corrected chi connectivity index (χ1v) is 7.86. The van der Waals surface area contributed by atoms with Crippen LogP contribution < -0.4 is 0 Å². The van der Waals surface area contributed by atoms with Crippen LogP contribution in [0.15, 0.2) is 17.8 Å². The average Bonchev–Trinajstić information content (AvgIpc) is 3.03. The first kappa shape index (κ1) is 14.1. The predicted molar refractivity (Wildman–Crippen MR) is 78.3 cm³/mol. The molecular formula is C14H17N3O3S. The Labute approximate surface area is 126 Å². The van der Waals surface area contributed by atoms with E-state index in [-0.39, 0.29) is 12.3 Å². The Bertz CT molecular complexity index is 678. The molecular weight excluding hydrogens is 290 g/mol. The molecule has 0 spiro atoms. The summed E-state index contributed by atoms with van der Waals surface area (Å²) in [4.78, 5) is 30.4. The Kier molecular flexibility index (Phi) is 3.67. The van der Waals surface area contributed by atoms with Gasteiger partial charge in [-0.1, -0.05) is 6.92 Å². The van der Waals surface area contributed by atoms with Gasteiger partial charge in [0.1, 0.15) is 6.04 Å². The van der Waals surface area contributed by atoms with Gasteiger partial charge in [0.15, 0.2) is 4.96 Å². The van der Waals surface area contributed by atoms with E-state index in [1.807, 2.05) is 22.9 Å². The number of aliphatic carboxylic acids is 1. The number of nitrogens with zero attached hydrogens (tertiary/aromatic N) is 3. The molecule has 2 aromatic heterocycles. The van der Waals surface area contributed by atoms with Crippen LogP contribution in [-0.2, 0) is 16.0 Å². The third-order valence-corrected chi connectivity index (χ3v) is 4.92. The second-order valence-corrected chi connectivity index (χ2v) is 6.39. The van der Waals surface area contributed by atoms with Crippen molar-refractivity contribution >= 4 is 28.2 Å². The van der Waals surface area contributed by atoms with Gasteiger partial charge in [-0.3, -0.25) is 9.20 Å². The van der Waals surface area contributed by atoms with Crippen molar-refractivity contribution in [3.8, 4) is 0 Å². The van der Waals surface area contributed by atoms with Crippen LogP contribution in [0.1, 0.15) is 25.5 Å². The van der Waals surface area contributed by atoms with E-state index in [4.69, 9.17) is 0 Å². The fourth-order valence-corrected chi connectivity index (χ4v) is 3.68. The van der Waals surface area contributed by atoms with Crippen LogP contribution in [0, 0.1) is 5.92 Å². The first-order chi connectivity index (χ1) is 10.1. The third-order valence-electron chi connectivity index (χ3n) is 4.02. The number of carbonyl (C=O) groups excluding carboxylic acids is 1. The number of amides is 1. The summed E-state index contributed by atoms with van der Waals surface area (Å²) in [5.41, 5.74) is 0.861. The number of rotatable bonds is 3. The van der Waals surface area contributed by atoms with Crippen molar-refractivity contribution < 1.29 is 14.7 Å². The van der Waals surface area contributed by atoms with Gasteiger partial charge in [-0.2, -0.15) is 0 Å². The first-order valence-electron chi connectivity index (χ1n) is 6.98. The highest BCUT2D eigenvalue weighted by Gasteiger charge is 2.34. The fraction of sp³-hybridized carbons (Fsp3) is 0.500. The standard InChI is InChI=1S/C14H17N3O3S/c1-9-2-4-17(11(6-9)13(19)20)12(18)7-10-8-21-14-15-3-5-16(10)14/h3,5,8-9,11H,2,4,6-7H2,1H3,(H,19,20). The second kappa shape index (κ2) is 5.48. The van der Waals surface area contributed by atoms with E-state index >= 15 is 0 Å². The van der Waals surface area contributed by atoms with Gasteiger partial charge in [0.25, 0.3) is 0 Å². The summed E-state index contributed by atoms with van der Waals surface area (Å²) in [7, 11) is 0. The van der Waals surface area contributed by atoms with Gasteiger partial charge in [-0.25, -0.2) is 9.78 Å². The highest BCUT2D eigenvalue weighted by molar-refractivity contribution is 7.15. The van der Waals surface area contributed by atoms with E-state index in [2.05, 4.69) is 4.98 Å². The number of thiazole rings is 1. The largest absolute Gasteiger partial charge is 0.480 e. The number of hydrogen-bond acceptors (Lipinski definition) is 4. The molecule has 1 N–H and O–H groups in total. The normalized spacial score (nSPS) is 22.6. The van der Waals surface area contributed by atoms with Crippen LogP contribution in [0.4, 0.5) is 0 Å². The Morgan fingerprint density at radius 3 is 3.10 bits per heavy atom. The number of carboxylic acid groups (broad SMARTS) is 1. The van der Waals surface area contributed by atoms with E-state index in [9.17, 15) is 14.7 Å². The minimum absolute atomic E-state index is 0.122. The lowest BCUT2D eigenvalue weighted by molar-refractivity contribution is -0.152. The molecule has 1 aliphatic rings. The topological polar surface area (TPSA) is 74.9 Å². The molecule has 0 bridgehead atoms. The highest BCUT2D eigenvalue weighted by atomic mass is 32.1. The molecule has 0 aromatic carbocycles. The summed E-state index contributed by atoms with van der Waals surface area (Å²) in [5, 5.41) is 11.2. The molecule has 2 unspecified atom stereocenters. The lowest BCUT2D eigenvalue weighted by Crippen LogP contribution is -2.50. The van der Waals surface area contributed by atoms with Crippen molar-refractivity contribution in [3.05, 3.63) is 23.5 Å². The maximum atomic E-state index is 12.5. The molecule has 3 heterocycles. The minimum Gasteiger partial charge on any atom is -0.480 e. The molecule has 1 saturated heterocycles. The minimum atomic E-state index is -0.909. The average molecular weight is 307 g/mol. The Morgan fingerprint density at radius 1 is 1.52 bits per heavy atom. The van der Waals surface area contributed by atoms with Gasteiger partial charge in [-0.15, -0.1) is 11.3 Å². The molecule has 1 aliphatic heterocycles. The Balaban J connectivity index is 1.77. The number of carboxylic acids is 1. The van der Waals surface area contributed by atoms with E-state index in [1.165, 1.54) is 16.2 Å². The van der Waals surface area contributed by atoms with Gasteiger partial charge < -0.3 is 10.0 Å². The van der Waals surface area contributed by atoms with Crippen LogP contribution in [0.3, 0.4) is 0 Å². The quantitative estimate of drug-likeness (QED) is 0.935. The molecule has 1 fully saturated rings. The summed E-state index contributed by atoms with van der Waals surface area (Å²) in [5.74, 6) is -0.688. The molecule has 0 aliphatic carbocycles. The van der Waals surface area contributed by atoms with Crippen LogP contribution in [0.2, 0.25) is 0 Å². The number of imidazole rings is 1. The number of piperidine rings is 1. The molecule has 3 rings (SSSR count). The van der Waals surface area contributed by atoms with Gasteiger partial charge in [0.2, 0.25) is 5.91 Å². The van der Waals surface area contributed by atoms with Crippen LogP contribution in [-0.4, -0.2) is 43.9 Å². The predicted octanol–water partition coefficient (Wildman–Crippen LogP) is 1.65. The molecule has 0 saturated carbocycles. The lowest BCUT2D eigenvalue weighted by Gasteiger charge is -2.36. The van der Waals surface area contributed by atoms with Gasteiger partial charge in [0, 0.05) is 30.0 Å². The molecule has 2 atom stereocenters. The maximum Gasteiger partial charge on any atom is 0.326 e. The fourth-order valence-electron chi connectivity index (χ4n) is 2.83. The summed E-state index contributed by atoms with van der Waals surface area (Å²) < 4.78 is 1.88. The van der Waals surface area contributed by atoms with Crippen molar-refractivity contribution in [1.29, 1.82) is 0 Å². The zero-order valence-electron chi connectivity index (χ0n) is 11.7. The maximum absolute atomic E-state index is 12.5. The Morgan fingerprint density at radius 2 is 2.33 bits per heavy atom. The summed E-state index contributed by atoms with van der Waals surface area (Å²) in [6, 6.07) is -0.696. The monoisotopic (exact) mass is 307 g/mol. The summed E-state index contributed by atoms with van der Waals surface area (Å²) in [6.45, 7) is 2.56. The number of carbonyl (C=O) groups is 2. The van der Waals surface area contributed by atoms with E-state index < -0.39 is 12.0 Å². The second-order valence-electron chi connectivity index (χ2n) is 5.55. The highest BCUT2D eigenvalue weighted by Crippen LogP contribution is 2.24. The van der Waals surface area contributed by atoms with E-state index in [0.717, 1.165) is 17.1 Å². The third kappa shape index (κ3) is 2.65. The zero-order valence-corrected chi connectivity index (χ0v) is 12.5. The van der Waals surface area contributed by atoms with Crippen LogP contribution in [0.5, 0.6) is 0 Å². The molecule has 6 nitrogen and oxygen atoms in total. The molecule has 112 valence electrons. The van der Waals surface area contributed by atoms with E-state index in [0.29, 0.717) is 18.9 Å². The van der Waals surface area contributed by atoms with Crippen molar-refractivity contribution in [3.63, 3.8) is 0 Å². The van der Waals surface area contributed by atoms with Crippen LogP contribution >= 0.6 is 11.3 Å². The van der Waals surface area contributed by atoms with Crippen molar-refractivity contribution in [2.24, 2.45) is 5.92 Å². The van der Waals surface area contributed by atoms with Gasteiger partial charge in [0.05, 0.1) is 6.42 Å². The number of fused-ring (bicyclic) bond motifs is 1. The number of hydrogen-bond donors (Lipinski definition) is 1. The molecule has 1 amide bonds. The van der Waals surface area contributed by atoms with Crippen molar-refractivity contribution in [2.75, 3.05) is 6.54 Å². The van der Waals surface area contributed by atoms with Gasteiger partial charge >= 0.3 is 5.97 Å². The molecule has 2 aromatic rings. The van der Waals surface area contributed by atoms with Crippen molar-refractivity contribution in [2.45, 2.75) is 32.2 Å². The van der Waals surface area contributed by atoms with Crippen LogP contribution in [0.25, 0.3) is 4.96 Å². The summed E-state index contributed by atoms with van der Waals surface area (Å²) in [6.07, 6.45) is 5.13. The number of likely N-dealkylation sites (tertiary alicyclic amines) is 1. The zero-order chi connectivity index (χ0) is 15.0. The SMILES string of the molecule is CC1CCN(C(=O)Cc2csc3nccn23)C(C(=O)O)C1. The Hall–Kier alpha value is -1.89. The smallest absolute Gasteiger partial charge is 0.326 e. The lowest BCUT2D eigenvalue weighted by atomic mass is 9.92. The summed E-state index contributed by atoms with van der Waals surface area (Å²) >= 11 is 1.48. The number of aromatic nitrogens is 2. The van der Waals surface area contributed by atoms with Crippen molar-refractivity contribution in [1.82, 2.24) is 14.3 Å². The molecule has 21 heavy (non-hydrogen) atoms.